The van der Waals surface area contributed by atoms with Crippen molar-refractivity contribution in [2.24, 2.45) is 0 Å². The standard InChI is InChI=1S/C37H35NO/c1-36(2,3)28-20-27(21-29(22-28)37(4,5)6)31-12-8-14-33-32-13-7-11-30(34(32)39-35(31)33)25-17-15-24(16-18-25)26-10-9-19-38-23-26/h7-23H,1-6H3. The average molecular weight is 510 g/mol. The highest BCUT2D eigenvalue weighted by molar-refractivity contribution is 6.13. The first-order valence-corrected chi connectivity index (χ1v) is 13.7. The quantitative estimate of drug-likeness (QED) is 0.237. The molecule has 0 N–H and O–H groups in total. The summed E-state index contributed by atoms with van der Waals surface area (Å²) >= 11 is 0. The summed E-state index contributed by atoms with van der Waals surface area (Å²) in [6, 6.07) is 32.8. The molecule has 194 valence electrons. The van der Waals surface area contributed by atoms with Crippen LogP contribution < -0.4 is 0 Å². The van der Waals surface area contributed by atoms with E-state index in [1.54, 1.807) is 6.20 Å². The molecule has 2 heterocycles. The van der Waals surface area contributed by atoms with Crippen LogP contribution in [0.1, 0.15) is 52.7 Å². The highest BCUT2D eigenvalue weighted by atomic mass is 16.3. The largest absolute Gasteiger partial charge is 0.455 e. The molecule has 0 fully saturated rings. The van der Waals surface area contributed by atoms with Crippen LogP contribution in [0.25, 0.3) is 55.3 Å². The Kier molecular flexibility index (Phi) is 5.95. The molecule has 0 aliphatic carbocycles. The first-order chi connectivity index (χ1) is 18.6. The van der Waals surface area contributed by atoms with Crippen LogP contribution in [-0.4, -0.2) is 4.98 Å². The number of fused-ring (bicyclic) bond motifs is 3. The fraction of sp³-hybridized carbons (Fsp3) is 0.216. The molecule has 0 amide bonds. The zero-order valence-electron chi connectivity index (χ0n) is 23.7. The van der Waals surface area contributed by atoms with Gasteiger partial charge in [-0.15, -0.1) is 0 Å². The molecule has 39 heavy (non-hydrogen) atoms. The maximum Gasteiger partial charge on any atom is 0.143 e. The predicted molar refractivity (Wildman–Crippen MR) is 165 cm³/mol. The van der Waals surface area contributed by atoms with Gasteiger partial charge in [0.1, 0.15) is 11.2 Å². The molecule has 6 aromatic rings. The number of aromatic nitrogens is 1. The van der Waals surface area contributed by atoms with Crippen molar-refractivity contribution in [1.82, 2.24) is 4.98 Å². The van der Waals surface area contributed by atoms with E-state index in [9.17, 15) is 0 Å². The van der Waals surface area contributed by atoms with Crippen molar-refractivity contribution >= 4 is 21.9 Å². The lowest BCUT2D eigenvalue weighted by molar-refractivity contribution is 0.569. The fourth-order valence-electron chi connectivity index (χ4n) is 5.30. The molecule has 6 rings (SSSR count). The van der Waals surface area contributed by atoms with E-state index in [-0.39, 0.29) is 10.8 Å². The monoisotopic (exact) mass is 509 g/mol. The van der Waals surface area contributed by atoms with Gasteiger partial charge in [-0.05, 0) is 50.3 Å². The third-order valence-corrected chi connectivity index (χ3v) is 7.69. The van der Waals surface area contributed by atoms with Crippen LogP contribution in [0.3, 0.4) is 0 Å². The van der Waals surface area contributed by atoms with Gasteiger partial charge in [-0.3, -0.25) is 4.98 Å². The van der Waals surface area contributed by atoms with Gasteiger partial charge >= 0.3 is 0 Å². The van der Waals surface area contributed by atoms with Crippen molar-refractivity contribution in [3.63, 3.8) is 0 Å². The van der Waals surface area contributed by atoms with Crippen molar-refractivity contribution in [2.45, 2.75) is 52.4 Å². The highest BCUT2D eigenvalue weighted by Gasteiger charge is 2.22. The average Bonchev–Trinajstić information content (AvgIpc) is 3.31. The van der Waals surface area contributed by atoms with E-state index in [2.05, 4.69) is 131 Å². The van der Waals surface area contributed by atoms with Crippen LogP contribution in [0.5, 0.6) is 0 Å². The molecule has 2 heteroatoms. The predicted octanol–water partition coefficient (Wildman–Crippen LogP) is 10.6. The number of pyridine rings is 1. The molecule has 0 aliphatic heterocycles. The molecule has 0 radical (unpaired) electrons. The smallest absolute Gasteiger partial charge is 0.143 e. The Morgan fingerprint density at radius 1 is 0.513 bits per heavy atom. The van der Waals surface area contributed by atoms with Crippen molar-refractivity contribution in [1.29, 1.82) is 0 Å². The number of hydrogen-bond acceptors (Lipinski definition) is 2. The molecule has 2 aromatic heterocycles. The Labute approximate surface area is 231 Å². The molecule has 2 nitrogen and oxygen atoms in total. The molecule has 0 unspecified atom stereocenters. The van der Waals surface area contributed by atoms with Gasteiger partial charge in [0.2, 0.25) is 0 Å². The molecule has 0 atom stereocenters. The Bertz CT molecular complexity index is 1760. The molecule has 0 saturated carbocycles. The number of furan rings is 1. The van der Waals surface area contributed by atoms with Crippen molar-refractivity contribution in [3.8, 4) is 33.4 Å². The summed E-state index contributed by atoms with van der Waals surface area (Å²) in [4.78, 5) is 4.26. The normalized spacial score (nSPS) is 12.4. The Hall–Kier alpha value is -4.17. The van der Waals surface area contributed by atoms with E-state index in [1.165, 1.54) is 16.7 Å². The molecule has 0 aliphatic rings. The first-order valence-electron chi connectivity index (χ1n) is 13.7. The van der Waals surface area contributed by atoms with Gasteiger partial charge in [-0.25, -0.2) is 0 Å². The zero-order chi connectivity index (χ0) is 27.4. The summed E-state index contributed by atoms with van der Waals surface area (Å²) in [5, 5.41) is 2.29. The summed E-state index contributed by atoms with van der Waals surface area (Å²) in [5.74, 6) is 0. The van der Waals surface area contributed by atoms with Crippen LogP contribution in [0.4, 0.5) is 0 Å². The topological polar surface area (TPSA) is 26.0 Å². The number of benzene rings is 4. The summed E-state index contributed by atoms with van der Waals surface area (Å²) < 4.78 is 6.78. The van der Waals surface area contributed by atoms with Gasteiger partial charge in [0, 0.05) is 34.3 Å². The van der Waals surface area contributed by atoms with Crippen LogP contribution in [-0.2, 0) is 10.8 Å². The second kappa shape index (κ2) is 9.24. The first kappa shape index (κ1) is 25.1. The molecule has 0 spiro atoms. The summed E-state index contributed by atoms with van der Waals surface area (Å²) in [5.41, 5.74) is 11.5. The SMILES string of the molecule is CC(C)(C)c1cc(-c2cccc3c2oc2c(-c4ccc(-c5cccnc5)cc4)cccc23)cc(C(C)(C)C)c1. The molecular weight excluding hydrogens is 474 g/mol. The van der Waals surface area contributed by atoms with E-state index < -0.39 is 0 Å². The van der Waals surface area contributed by atoms with Crippen LogP contribution in [0.15, 0.2) is 108 Å². The lowest BCUT2D eigenvalue weighted by atomic mass is 9.79. The van der Waals surface area contributed by atoms with E-state index in [4.69, 9.17) is 4.42 Å². The van der Waals surface area contributed by atoms with Crippen molar-refractivity contribution in [2.75, 3.05) is 0 Å². The zero-order valence-corrected chi connectivity index (χ0v) is 23.7. The second-order valence-electron chi connectivity index (χ2n) is 12.6. The van der Waals surface area contributed by atoms with Crippen LogP contribution in [0.2, 0.25) is 0 Å². The van der Waals surface area contributed by atoms with Crippen LogP contribution >= 0.6 is 0 Å². The Morgan fingerprint density at radius 2 is 1.05 bits per heavy atom. The third-order valence-electron chi connectivity index (χ3n) is 7.69. The summed E-state index contributed by atoms with van der Waals surface area (Å²) in [6.07, 6.45) is 3.70. The van der Waals surface area contributed by atoms with Crippen molar-refractivity contribution in [3.05, 3.63) is 115 Å². The van der Waals surface area contributed by atoms with E-state index in [0.717, 1.165) is 49.8 Å². The molecule has 4 aromatic carbocycles. The lowest BCUT2D eigenvalue weighted by Gasteiger charge is -2.26. The van der Waals surface area contributed by atoms with E-state index in [0.29, 0.717) is 0 Å². The van der Waals surface area contributed by atoms with Gasteiger partial charge < -0.3 is 4.42 Å². The number of hydrogen-bond donors (Lipinski definition) is 0. The minimum Gasteiger partial charge on any atom is -0.455 e. The lowest BCUT2D eigenvalue weighted by Crippen LogP contribution is -2.16. The molecule has 0 bridgehead atoms. The molecular formula is C37H35NO. The van der Waals surface area contributed by atoms with Gasteiger partial charge in [0.25, 0.3) is 0 Å². The van der Waals surface area contributed by atoms with E-state index in [1.807, 2.05) is 12.3 Å². The summed E-state index contributed by atoms with van der Waals surface area (Å²) in [6.45, 7) is 13.7. The summed E-state index contributed by atoms with van der Waals surface area (Å²) in [7, 11) is 0. The van der Waals surface area contributed by atoms with Gasteiger partial charge in [0.05, 0.1) is 0 Å². The Balaban J connectivity index is 1.52. The van der Waals surface area contributed by atoms with E-state index >= 15 is 0 Å². The van der Waals surface area contributed by atoms with Crippen LogP contribution in [0, 0.1) is 0 Å². The Morgan fingerprint density at radius 3 is 1.56 bits per heavy atom. The number of nitrogens with zero attached hydrogens (tertiary/aromatic N) is 1. The van der Waals surface area contributed by atoms with Gasteiger partial charge in [0.15, 0.2) is 0 Å². The highest BCUT2D eigenvalue weighted by Crippen LogP contribution is 2.42. The second-order valence-corrected chi connectivity index (χ2v) is 12.6. The maximum absolute atomic E-state index is 6.78. The minimum absolute atomic E-state index is 0.0485. The minimum atomic E-state index is 0.0485. The third kappa shape index (κ3) is 4.65. The van der Waals surface area contributed by atoms with Gasteiger partial charge in [-0.1, -0.05) is 126 Å². The number of para-hydroxylation sites is 2. The fourth-order valence-corrected chi connectivity index (χ4v) is 5.30. The molecule has 0 saturated heterocycles. The number of rotatable bonds is 3. The van der Waals surface area contributed by atoms with Gasteiger partial charge in [-0.2, -0.15) is 0 Å². The van der Waals surface area contributed by atoms with Crippen molar-refractivity contribution < 1.29 is 4.42 Å². The maximum atomic E-state index is 6.78.